The van der Waals surface area contributed by atoms with Crippen LogP contribution in [0.4, 0.5) is 0 Å². The number of nitrogens with zero attached hydrogens (tertiary/aromatic N) is 6. The molecule has 0 N–H and O–H groups in total. The molecule has 17 rings (SSSR count). The van der Waals surface area contributed by atoms with Gasteiger partial charge in [0.25, 0.3) is 0 Å². The Hall–Kier alpha value is -10.4. The average Bonchev–Trinajstić information content (AvgIpc) is 0.857. The van der Waals surface area contributed by atoms with Crippen LogP contribution >= 0.6 is 0 Å². The van der Waals surface area contributed by atoms with Gasteiger partial charge in [-0.2, -0.15) is 0 Å². The molecule has 0 atom stereocenters. The molecule has 6 heterocycles. The van der Waals surface area contributed by atoms with Crippen LogP contribution in [0.1, 0.15) is 22.4 Å². The van der Waals surface area contributed by atoms with Crippen LogP contribution in [0, 0.1) is 64.1 Å². The van der Waals surface area contributed by atoms with Crippen molar-refractivity contribution in [2.75, 3.05) is 0 Å². The third kappa shape index (κ3) is 26.7. The molecule has 17 aromatic rings. The Morgan fingerprint density at radius 3 is 1.03 bits per heavy atom. The minimum atomic E-state index is 0. The molecular weight excluding hydrogens is 2250 g/mol. The Morgan fingerprint density at radius 2 is 0.604 bits per heavy atom. The van der Waals surface area contributed by atoms with Crippen LogP contribution in [-0.4, -0.2) is 29.9 Å². The van der Waals surface area contributed by atoms with E-state index in [0.717, 1.165) is 73.2 Å². The van der Waals surface area contributed by atoms with Gasteiger partial charge in [0.15, 0.2) is 0 Å². The largest absolute Gasteiger partial charge is 0.305 e. The van der Waals surface area contributed by atoms with Crippen molar-refractivity contribution in [3.8, 4) is 123 Å². The molecular formula is C100H76Ir5N6-6. The summed E-state index contributed by atoms with van der Waals surface area (Å²) in [6, 6.07) is 140. The number of pyridine rings is 6. The van der Waals surface area contributed by atoms with E-state index >= 15 is 0 Å². The van der Waals surface area contributed by atoms with Gasteiger partial charge >= 0.3 is 0 Å². The quantitative estimate of drug-likeness (QED) is 0.120. The predicted molar refractivity (Wildman–Crippen MR) is 437 cm³/mol. The third-order valence-corrected chi connectivity index (χ3v) is 17.0. The summed E-state index contributed by atoms with van der Waals surface area (Å²) >= 11 is 0. The molecule has 0 bridgehead atoms. The Bertz CT molecular complexity index is 5250. The van der Waals surface area contributed by atoms with Gasteiger partial charge in [0, 0.05) is 137 Å². The van der Waals surface area contributed by atoms with E-state index in [1.54, 1.807) is 12.4 Å². The Labute approximate surface area is 722 Å². The maximum absolute atomic E-state index is 4.55. The SMILES string of the molecule is Cc1ccc(-c2[c-]ccc(-c3ccccc3)c2)nc1.Cc1cccc(-c2[c-]ccc(-c3ccccc3)c2)n1.Cc1cccc(-c2cc[c-]c(-c3ccccn3)c2)c1.Cc1cccnc1-c1[c-]cc(-c2ccccc2)cc1.[Ir].[Ir].[Ir].[Ir].[Ir].[c-]1cc(-c2ccccc2)ccc1-c1ccccn1.[c-]1ccccc1-c1ccccn1. The smallest absolute Gasteiger partial charge is 0.0266 e. The van der Waals surface area contributed by atoms with Crippen molar-refractivity contribution in [3.05, 3.63) is 448 Å². The Kier molecular flexibility index (Phi) is 37.1. The molecule has 0 spiro atoms. The molecule has 111 heavy (non-hydrogen) atoms. The van der Waals surface area contributed by atoms with Gasteiger partial charge in [0.05, 0.1) is 0 Å². The minimum absolute atomic E-state index is 0. The number of benzene rings is 11. The van der Waals surface area contributed by atoms with Crippen molar-refractivity contribution in [1.29, 1.82) is 0 Å². The van der Waals surface area contributed by atoms with Gasteiger partial charge in [-0.1, -0.05) is 246 Å². The maximum atomic E-state index is 4.55. The van der Waals surface area contributed by atoms with Crippen LogP contribution in [0.5, 0.6) is 0 Å². The fourth-order valence-corrected chi connectivity index (χ4v) is 11.5. The first kappa shape index (κ1) is 87.8. The van der Waals surface area contributed by atoms with E-state index in [0.29, 0.717) is 0 Å². The normalized spacial score (nSPS) is 9.80. The fraction of sp³-hybridized carbons (Fsp3) is 0.0400. The molecule has 6 nitrogen and oxygen atoms in total. The summed E-state index contributed by atoms with van der Waals surface area (Å²) in [6.07, 6.45) is 9.10. The van der Waals surface area contributed by atoms with E-state index < -0.39 is 0 Å². The molecule has 0 saturated carbocycles. The van der Waals surface area contributed by atoms with Crippen LogP contribution in [0.25, 0.3) is 123 Å². The predicted octanol–water partition coefficient (Wildman–Crippen LogP) is 24.8. The molecule has 0 aliphatic carbocycles. The fourth-order valence-electron chi connectivity index (χ4n) is 11.5. The van der Waals surface area contributed by atoms with Crippen molar-refractivity contribution in [3.63, 3.8) is 0 Å². The zero-order valence-corrected chi connectivity index (χ0v) is 73.3. The first-order valence-electron chi connectivity index (χ1n) is 35.1. The van der Waals surface area contributed by atoms with Gasteiger partial charge in [-0.25, -0.2) is 0 Å². The maximum Gasteiger partial charge on any atom is 0.0266 e. The van der Waals surface area contributed by atoms with Crippen LogP contribution in [-0.2, 0) is 101 Å². The molecule has 5 radical (unpaired) electrons. The van der Waals surface area contributed by atoms with Gasteiger partial charge in [0.2, 0.25) is 0 Å². The summed E-state index contributed by atoms with van der Waals surface area (Å²) in [7, 11) is 0. The summed E-state index contributed by atoms with van der Waals surface area (Å²) in [4.78, 5) is 26.3. The molecule has 0 unspecified atom stereocenters. The zero-order chi connectivity index (χ0) is 72.8. The number of aryl methyl sites for hydroxylation is 4. The van der Waals surface area contributed by atoms with Gasteiger partial charge in [-0.15, -0.1) is 202 Å². The Balaban J connectivity index is 0.000000184. The molecule has 0 saturated heterocycles. The monoisotopic (exact) mass is 2330 g/mol. The molecule has 6 aromatic heterocycles. The van der Waals surface area contributed by atoms with E-state index in [1.165, 1.54) is 72.3 Å². The van der Waals surface area contributed by atoms with Crippen molar-refractivity contribution >= 4 is 0 Å². The third-order valence-electron chi connectivity index (χ3n) is 17.0. The molecule has 0 aliphatic heterocycles. The number of hydrogen-bond donors (Lipinski definition) is 0. The van der Waals surface area contributed by atoms with E-state index in [2.05, 4.69) is 250 Å². The van der Waals surface area contributed by atoms with Crippen LogP contribution in [0.3, 0.4) is 0 Å². The Morgan fingerprint density at radius 1 is 0.216 bits per heavy atom. The van der Waals surface area contributed by atoms with Crippen LogP contribution in [0.2, 0.25) is 0 Å². The van der Waals surface area contributed by atoms with Crippen molar-refractivity contribution < 1.29 is 101 Å². The number of hydrogen-bond acceptors (Lipinski definition) is 6. The minimum Gasteiger partial charge on any atom is -0.305 e. The zero-order valence-electron chi connectivity index (χ0n) is 61.3. The van der Waals surface area contributed by atoms with Gasteiger partial charge in [0.1, 0.15) is 0 Å². The summed E-state index contributed by atoms with van der Waals surface area (Å²) < 4.78 is 0. The van der Waals surface area contributed by atoms with Crippen LogP contribution < -0.4 is 0 Å². The van der Waals surface area contributed by atoms with Crippen LogP contribution in [0.15, 0.2) is 389 Å². The van der Waals surface area contributed by atoms with Crippen molar-refractivity contribution in [1.82, 2.24) is 29.9 Å². The molecule has 11 aromatic carbocycles. The van der Waals surface area contributed by atoms with E-state index in [9.17, 15) is 0 Å². The summed E-state index contributed by atoms with van der Waals surface area (Å²) in [5.74, 6) is 0. The van der Waals surface area contributed by atoms with Gasteiger partial charge in [-0.3, -0.25) is 0 Å². The number of rotatable bonds is 11. The van der Waals surface area contributed by atoms with Gasteiger partial charge in [-0.05, 0) is 114 Å². The van der Waals surface area contributed by atoms with E-state index in [1.807, 2.05) is 220 Å². The second kappa shape index (κ2) is 46.9. The summed E-state index contributed by atoms with van der Waals surface area (Å²) in [5.41, 5.74) is 28.7. The van der Waals surface area contributed by atoms with E-state index in [4.69, 9.17) is 0 Å². The number of aromatic nitrogens is 6. The molecule has 0 aliphatic rings. The van der Waals surface area contributed by atoms with E-state index in [-0.39, 0.29) is 101 Å². The molecule has 0 fully saturated rings. The second-order valence-electron chi connectivity index (χ2n) is 24.8. The van der Waals surface area contributed by atoms with Crippen molar-refractivity contribution in [2.45, 2.75) is 27.7 Å². The molecule has 557 valence electrons. The molecule has 0 amide bonds. The summed E-state index contributed by atoms with van der Waals surface area (Å²) in [5, 5.41) is 0. The van der Waals surface area contributed by atoms with Crippen molar-refractivity contribution in [2.24, 2.45) is 0 Å². The molecule has 11 heteroatoms. The second-order valence-corrected chi connectivity index (χ2v) is 24.8. The topological polar surface area (TPSA) is 77.3 Å². The summed E-state index contributed by atoms with van der Waals surface area (Å²) in [6.45, 7) is 8.23. The first-order valence-corrected chi connectivity index (χ1v) is 35.1. The standard InChI is InChI=1S/4C18H14N.C17H12N.C11H8N.5Ir/c1-14-6-4-7-15(12-14)16-8-5-9-17(13-16)18-10-2-3-11-19-18;1-14-7-5-12-18(19-14)17-11-6-10-16(13-17)15-8-3-2-4-9-15;1-14-6-5-13-19-18(14)17-11-9-16(10-12-17)15-7-3-2-4-8-15;1-14-10-11-18(19-13-14)17-9-5-8-16(12-17)15-6-3-2-4-7-15;1-2-6-14(7-3-1)15-9-11-16(12-10-15)17-8-4-5-13-18-17;1-2-6-10(7-3-1)11-8-4-5-9-12-11;;;;;/h2-8,10-13H,1H3;2-10,12-13H,1H3;2-11,13H,1H3;2-8,10-13H,1H3;1-11,13H;1-6,8-9H;;;;;/q6*-1;;;;;. The van der Waals surface area contributed by atoms with Gasteiger partial charge < -0.3 is 29.9 Å². The average molecular weight is 2320 g/mol. The first-order chi connectivity index (χ1) is 52.2.